The van der Waals surface area contributed by atoms with E-state index in [9.17, 15) is 29.5 Å². The third kappa shape index (κ3) is 11.8. The highest BCUT2D eigenvalue weighted by molar-refractivity contribution is 7.13. The molecule has 2 bridgehead atoms. The topological polar surface area (TPSA) is 180 Å². The van der Waals surface area contributed by atoms with E-state index in [4.69, 9.17) is 16.3 Å². The second kappa shape index (κ2) is 21.8. The largest absolute Gasteiger partial charge is 0.489 e. The molecule has 4 N–H and O–H groups in total. The molecule has 4 unspecified atom stereocenters. The number of aromatic nitrogens is 1. The van der Waals surface area contributed by atoms with Crippen LogP contribution in [0.5, 0.6) is 5.75 Å². The van der Waals surface area contributed by atoms with Gasteiger partial charge in [0.2, 0.25) is 17.7 Å². The van der Waals surface area contributed by atoms with Gasteiger partial charge in [0.1, 0.15) is 30.0 Å². The lowest BCUT2D eigenvalue weighted by molar-refractivity contribution is -0.164. The maximum atomic E-state index is 14.4. The van der Waals surface area contributed by atoms with Crippen molar-refractivity contribution in [3.63, 3.8) is 0 Å². The minimum atomic E-state index is -0.891. The monoisotopic (exact) mass is 1030 g/mol. The van der Waals surface area contributed by atoms with Gasteiger partial charge in [0, 0.05) is 66.6 Å². The molecule has 1 saturated carbocycles. The lowest BCUT2D eigenvalue weighted by Gasteiger charge is -2.63. The maximum Gasteiger partial charge on any atom is 0.251 e. The Morgan fingerprint density at radius 1 is 0.945 bits per heavy atom. The molecule has 3 saturated heterocycles. The number of amides is 4. The highest BCUT2D eigenvalue weighted by atomic mass is 35.5. The second-order valence-electron chi connectivity index (χ2n) is 23.2. The van der Waals surface area contributed by atoms with Crippen molar-refractivity contribution in [1.82, 2.24) is 35.6 Å². The fourth-order valence-corrected chi connectivity index (χ4v) is 13.2. The number of nitrogens with zero attached hydrogens (tertiary/aromatic N) is 5. The molecule has 6 atom stereocenters. The number of β-amino-alcohol motifs (C(OH)–C–C–N with tert-alkyl or cyclic N) is 1. The predicted molar refractivity (Wildman–Crippen MR) is 285 cm³/mol. The van der Waals surface area contributed by atoms with Crippen LogP contribution in [0.4, 0.5) is 0 Å². The summed E-state index contributed by atoms with van der Waals surface area (Å²) < 4.78 is 6.40. The van der Waals surface area contributed by atoms with Crippen molar-refractivity contribution >= 4 is 46.6 Å². The zero-order chi connectivity index (χ0) is 52.6. The van der Waals surface area contributed by atoms with Crippen LogP contribution in [0.2, 0.25) is 5.02 Å². The number of unbranched alkanes of at least 4 members (excludes halogenated alkanes) is 1. The Hall–Kier alpha value is -5.37. The molecular weight excluding hydrogens is 960 g/mol. The number of ether oxygens (including phenoxy) is 1. The van der Waals surface area contributed by atoms with Gasteiger partial charge in [-0.3, -0.25) is 24.1 Å². The molecule has 4 fully saturated rings. The number of piperazine rings is 1. The molecule has 14 nitrogen and oxygen atoms in total. The highest BCUT2D eigenvalue weighted by Crippen LogP contribution is 2.55. The summed E-state index contributed by atoms with van der Waals surface area (Å²) in [6, 6.07) is 21.4. The summed E-state index contributed by atoms with van der Waals surface area (Å²) in [6.07, 6.45) is 4.08. The number of hydrogen-bond donors (Lipinski definition) is 4. The Kier molecular flexibility index (Phi) is 16.1. The molecular formula is C57H73ClN8O6S. The summed E-state index contributed by atoms with van der Waals surface area (Å²) in [5.74, 6) is -0.433. The van der Waals surface area contributed by atoms with E-state index in [1.54, 1.807) is 29.5 Å². The van der Waals surface area contributed by atoms with E-state index in [0.717, 1.165) is 73.4 Å². The van der Waals surface area contributed by atoms with Gasteiger partial charge >= 0.3 is 0 Å². The van der Waals surface area contributed by atoms with Crippen molar-refractivity contribution in [2.45, 2.75) is 149 Å². The molecule has 4 amide bonds. The van der Waals surface area contributed by atoms with Crippen LogP contribution in [0, 0.1) is 34.5 Å². The van der Waals surface area contributed by atoms with Crippen LogP contribution in [0.1, 0.15) is 126 Å². The fraction of sp³-hybridized carbons (Fsp3) is 0.544. The molecule has 1 aromatic heterocycles. The molecule has 4 aliphatic rings. The minimum Gasteiger partial charge on any atom is -0.489 e. The number of aryl methyl sites for hydroxylation is 2. The van der Waals surface area contributed by atoms with E-state index in [2.05, 4.69) is 64.5 Å². The summed E-state index contributed by atoms with van der Waals surface area (Å²) in [5.41, 5.74) is 5.61. The Labute approximate surface area is 440 Å². The van der Waals surface area contributed by atoms with E-state index in [0.29, 0.717) is 21.9 Å². The number of benzene rings is 3. The Balaban J connectivity index is 0.773. The molecule has 390 valence electrons. The van der Waals surface area contributed by atoms with Gasteiger partial charge in [0.25, 0.3) is 5.91 Å². The zero-order valence-electron chi connectivity index (χ0n) is 43.8. The average molecular weight is 1030 g/mol. The van der Waals surface area contributed by atoms with E-state index in [-0.39, 0.29) is 84.2 Å². The van der Waals surface area contributed by atoms with E-state index < -0.39 is 23.6 Å². The summed E-state index contributed by atoms with van der Waals surface area (Å²) in [6.45, 7) is 21.0. The number of hydrogen-bond acceptors (Lipinski definition) is 11. The number of aliphatic hydroxyl groups is 1. The van der Waals surface area contributed by atoms with Crippen molar-refractivity contribution in [3.05, 3.63) is 105 Å². The molecule has 3 aliphatic heterocycles. The lowest BCUT2D eigenvalue weighted by Crippen LogP contribution is -2.74. The van der Waals surface area contributed by atoms with Crippen LogP contribution >= 0.6 is 22.9 Å². The standard InChI is InChI=1S/C57H73ClN8O6S/c1-34(37-17-19-38(20-18-37)48-35(2)60-33-73-48)61-51(70)46-26-43(67)31-66(46)52(71)49(55(3,4)5)62-47(68)32-65-41-22-23-42(65)30-64(29-41)25-11-10-12-36-13-15-39(16-14-36)50(69)63-53-56(6,7)54(57(53,8)9)72-44-24-21-40(28-59)45(58)27-44/h13-21,24,27,33-34,41-43,46,49,53-54,67H,10-12,22-23,25-26,29-32H2,1-9H3,(H,61,70)(H,62,68)(H,63,69)/t34-,41?,42?,43+,46?,49?,53?,54?/m0/s1. The number of thiazole rings is 1. The van der Waals surface area contributed by atoms with Crippen LogP contribution < -0.4 is 20.7 Å². The Bertz CT molecular complexity index is 2670. The molecule has 8 rings (SSSR count). The van der Waals surface area contributed by atoms with Crippen molar-refractivity contribution < 1.29 is 29.0 Å². The molecule has 3 aromatic carbocycles. The summed E-state index contributed by atoms with van der Waals surface area (Å²) in [4.78, 5) is 67.4. The summed E-state index contributed by atoms with van der Waals surface area (Å²) in [7, 11) is 0. The number of aliphatic hydroxyl groups excluding tert-OH is 1. The molecule has 1 aliphatic carbocycles. The van der Waals surface area contributed by atoms with Gasteiger partial charge in [0.15, 0.2) is 0 Å². The van der Waals surface area contributed by atoms with E-state index >= 15 is 0 Å². The van der Waals surface area contributed by atoms with E-state index in [1.165, 1.54) is 10.5 Å². The molecule has 0 radical (unpaired) electrons. The quantitative estimate of drug-likeness (QED) is 0.0756. The van der Waals surface area contributed by atoms with Crippen LogP contribution in [-0.4, -0.2) is 124 Å². The number of nitrogens with one attached hydrogen (secondary N) is 3. The van der Waals surface area contributed by atoms with Gasteiger partial charge < -0.3 is 35.6 Å². The van der Waals surface area contributed by atoms with Gasteiger partial charge in [-0.1, -0.05) is 96.5 Å². The number of carbonyl (C=O) groups excluding carboxylic acids is 4. The number of fused-ring (bicyclic) bond motifs is 2. The number of halogens is 1. The number of rotatable bonds is 17. The fourth-order valence-electron chi connectivity index (χ4n) is 12.2. The Morgan fingerprint density at radius 2 is 1.62 bits per heavy atom. The first-order chi connectivity index (χ1) is 34.5. The van der Waals surface area contributed by atoms with Gasteiger partial charge in [-0.05, 0) is 98.9 Å². The number of carbonyl (C=O) groups is 4. The highest BCUT2D eigenvalue weighted by Gasteiger charge is 2.64. The number of nitriles is 1. The lowest BCUT2D eigenvalue weighted by atomic mass is 9.49. The molecule has 73 heavy (non-hydrogen) atoms. The maximum absolute atomic E-state index is 14.4. The van der Waals surface area contributed by atoms with Crippen LogP contribution in [0.3, 0.4) is 0 Å². The zero-order valence-corrected chi connectivity index (χ0v) is 45.4. The Morgan fingerprint density at radius 3 is 2.22 bits per heavy atom. The number of likely N-dealkylation sites (tertiary alicyclic amines) is 2. The molecule has 4 aromatic rings. The molecule has 16 heteroatoms. The van der Waals surface area contributed by atoms with E-state index in [1.807, 2.05) is 88.7 Å². The van der Waals surface area contributed by atoms with Crippen molar-refractivity contribution in [1.29, 1.82) is 5.26 Å². The van der Waals surface area contributed by atoms with Crippen molar-refractivity contribution in [3.8, 4) is 22.3 Å². The van der Waals surface area contributed by atoms with Crippen LogP contribution in [0.25, 0.3) is 10.4 Å². The van der Waals surface area contributed by atoms with Gasteiger partial charge in [-0.2, -0.15) is 5.26 Å². The minimum absolute atomic E-state index is 0.0188. The smallest absolute Gasteiger partial charge is 0.251 e. The van der Waals surface area contributed by atoms with Gasteiger partial charge in [-0.25, -0.2) is 4.98 Å². The first-order valence-corrected chi connectivity index (χ1v) is 27.1. The predicted octanol–water partition coefficient (Wildman–Crippen LogP) is 8.10. The third-order valence-corrected chi connectivity index (χ3v) is 17.2. The average Bonchev–Trinajstić information content (AvgIpc) is 4.02. The summed E-state index contributed by atoms with van der Waals surface area (Å²) >= 11 is 7.86. The van der Waals surface area contributed by atoms with Gasteiger partial charge in [0.05, 0.1) is 45.4 Å². The first-order valence-electron chi connectivity index (χ1n) is 25.9. The normalized spacial score (nSPS) is 24.2. The third-order valence-electron chi connectivity index (χ3n) is 15.9. The van der Waals surface area contributed by atoms with Crippen molar-refractivity contribution in [2.24, 2.45) is 16.2 Å². The second-order valence-corrected chi connectivity index (χ2v) is 24.4. The van der Waals surface area contributed by atoms with Crippen LogP contribution in [0.15, 0.2) is 72.2 Å². The van der Waals surface area contributed by atoms with Gasteiger partial charge in [-0.15, -0.1) is 11.3 Å². The molecule has 4 heterocycles. The molecule has 0 spiro atoms. The first kappa shape index (κ1) is 53.9. The SMILES string of the molecule is Cc1ncsc1-c1ccc([C@H](C)NC(=O)C2C[C@@H](O)CN2C(=O)C(NC(=O)CN2C3CCC2CN(CCCCc2ccc(C(=O)NC4C(C)(C)C(Oc5ccc(C#N)c(Cl)c5)C4(C)C)cc2)C3)C(C)(C)C)cc1. The van der Waals surface area contributed by atoms with Crippen LogP contribution in [-0.2, 0) is 20.8 Å². The summed E-state index contributed by atoms with van der Waals surface area (Å²) in [5, 5.41) is 29.8. The van der Waals surface area contributed by atoms with Crippen molar-refractivity contribution in [2.75, 3.05) is 32.7 Å².